The lowest BCUT2D eigenvalue weighted by Gasteiger charge is -2.29. The van der Waals surface area contributed by atoms with Gasteiger partial charge in [-0.05, 0) is 38.1 Å². The minimum atomic E-state index is -3.70. The van der Waals surface area contributed by atoms with Crippen LogP contribution in [0.25, 0.3) is 0 Å². The van der Waals surface area contributed by atoms with Gasteiger partial charge in [-0.25, -0.2) is 12.4 Å². The quantitative estimate of drug-likeness (QED) is 0.788. The zero-order chi connectivity index (χ0) is 17.3. The summed E-state index contributed by atoms with van der Waals surface area (Å²) in [6.07, 6.45) is 1.50. The molecule has 1 unspecified atom stereocenters. The second kappa shape index (κ2) is 6.20. The summed E-state index contributed by atoms with van der Waals surface area (Å²) in [5.41, 5.74) is -0.305. The zero-order valence-electron chi connectivity index (χ0n) is 13.7. The van der Waals surface area contributed by atoms with Gasteiger partial charge in [-0.2, -0.15) is 0 Å². The third kappa shape index (κ3) is 3.03. The Morgan fingerprint density at radius 1 is 1.13 bits per heavy atom. The lowest BCUT2D eigenvalue weighted by atomic mass is 9.78. The number of ether oxygens (including phenoxy) is 1. The molecule has 0 saturated carbocycles. The third-order valence-corrected chi connectivity index (χ3v) is 6.00. The van der Waals surface area contributed by atoms with Crippen molar-refractivity contribution in [3.8, 4) is 0 Å². The molecule has 0 radical (unpaired) electrons. The van der Waals surface area contributed by atoms with E-state index in [2.05, 4.69) is 0 Å². The van der Waals surface area contributed by atoms with Gasteiger partial charge >= 0.3 is 5.97 Å². The molecule has 23 heavy (non-hydrogen) atoms. The van der Waals surface area contributed by atoms with Gasteiger partial charge in [0.25, 0.3) is 10.0 Å². The predicted octanol–water partition coefficient (Wildman–Crippen LogP) is 3.03. The summed E-state index contributed by atoms with van der Waals surface area (Å²) >= 11 is 0. The van der Waals surface area contributed by atoms with Gasteiger partial charge in [0.1, 0.15) is 0 Å². The summed E-state index contributed by atoms with van der Waals surface area (Å²) in [5, 5.41) is 0. The standard InChI is InChI=1S/C17H21NO4S/c1-13(17(2,3)16(19)22-4)15-11-8-12-18(15)23(20,21)14-9-6-5-7-10-14/h5-13H,1-4H3. The van der Waals surface area contributed by atoms with Crippen LogP contribution in [0.15, 0.2) is 53.6 Å². The van der Waals surface area contributed by atoms with E-state index in [4.69, 9.17) is 4.74 Å². The summed E-state index contributed by atoms with van der Waals surface area (Å²) in [4.78, 5) is 12.2. The molecular formula is C17H21NO4S. The van der Waals surface area contributed by atoms with Crippen molar-refractivity contribution in [3.05, 3.63) is 54.4 Å². The van der Waals surface area contributed by atoms with E-state index in [0.717, 1.165) is 0 Å². The molecule has 0 aliphatic rings. The van der Waals surface area contributed by atoms with Crippen molar-refractivity contribution < 1.29 is 17.9 Å². The zero-order valence-corrected chi connectivity index (χ0v) is 14.5. The van der Waals surface area contributed by atoms with Crippen molar-refractivity contribution in [2.24, 2.45) is 5.41 Å². The lowest BCUT2D eigenvalue weighted by molar-refractivity contribution is -0.151. The van der Waals surface area contributed by atoms with Crippen LogP contribution in [0.1, 0.15) is 32.4 Å². The normalized spacial score (nSPS) is 13.6. The van der Waals surface area contributed by atoms with Crippen LogP contribution in [-0.2, 0) is 19.6 Å². The Bertz CT molecular complexity index is 791. The number of carbonyl (C=O) groups excluding carboxylic acids is 1. The molecule has 0 fully saturated rings. The molecular weight excluding hydrogens is 314 g/mol. The Morgan fingerprint density at radius 3 is 2.30 bits per heavy atom. The van der Waals surface area contributed by atoms with Crippen molar-refractivity contribution in [1.29, 1.82) is 0 Å². The van der Waals surface area contributed by atoms with E-state index in [0.29, 0.717) is 5.69 Å². The van der Waals surface area contributed by atoms with Crippen LogP contribution in [0.4, 0.5) is 0 Å². The molecule has 0 saturated heterocycles. The Hall–Kier alpha value is -2.08. The first-order chi connectivity index (χ1) is 10.7. The molecule has 1 atom stereocenters. The minimum Gasteiger partial charge on any atom is -0.469 e. The van der Waals surface area contributed by atoms with Gasteiger partial charge < -0.3 is 4.74 Å². The van der Waals surface area contributed by atoms with Crippen molar-refractivity contribution >= 4 is 16.0 Å². The maximum absolute atomic E-state index is 12.8. The first-order valence-corrected chi connectivity index (χ1v) is 8.73. The average Bonchev–Trinajstić information content (AvgIpc) is 3.04. The fourth-order valence-electron chi connectivity index (χ4n) is 2.45. The van der Waals surface area contributed by atoms with Gasteiger partial charge in [0, 0.05) is 17.8 Å². The molecule has 0 aliphatic heterocycles. The smallest absolute Gasteiger partial charge is 0.311 e. The molecule has 2 aromatic rings. The summed E-state index contributed by atoms with van der Waals surface area (Å²) in [6.45, 7) is 5.31. The average molecular weight is 335 g/mol. The largest absolute Gasteiger partial charge is 0.469 e. The molecule has 0 N–H and O–H groups in total. The fourth-order valence-corrected chi connectivity index (χ4v) is 3.90. The molecule has 1 aromatic carbocycles. The van der Waals surface area contributed by atoms with Crippen LogP contribution in [0, 0.1) is 5.41 Å². The van der Waals surface area contributed by atoms with E-state index < -0.39 is 15.4 Å². The Morgan fingerprint density at radius 2 is 1.74 bits per heavy atom. The number of methoxy groups -OCH3 is 1. The number of aromatic nitrogens is 1. The van der Waals surface area contributed by atoms with Gasteiger partial charge in [-0.3, -0.25) is 4.79 Å². The molecule has 1 aromatic heterocycles. The van der Waals surface area contributed by atoms with Gasteiger partial charge in [-0.15, -0.1) is 0 Å². The topological polar surface area (TPSA) is 65.4 Å². The molecule has 0 amide bonds. The summed E-state index contributed by atoms with van der Waals surface area (Å²) in [6, 6.07) is 11.6. The molecule has 0 spiro atoms. The van der Waals surface area contributed by atoms with E-state index in [1.807, 2.05) is 6.92 Å². The summed E-state index contributed by atoms with van der Waals surface area (Å²) in [5.74, 6) is -0.724. The van der Waals surface area contributed by atoms with E-state index in [-0.39, 0.29) is 16.8 Å². The van der Waals surface area contributed by atoms with Crippen LogP contribution in [0.5, 0.6) is 0 Å². The number of esters is 1. The molecule has 2 rings (SSSR count). The summed E-state index contributed by atoms with van der Waals surface area (Å²) < 4.78 is 31.7. The minimum absolute atomic E-state index is 0.209. The molecule has 6 heteroatoms. The molecule has 5 nitrogen and oxygen atoms in total. The van der Waals surface area contributed by atoms with Gasteiger partial charge in [0.2, 0.25) is 0 Å². The number of nitrogens with zero attached hydrogens (tertiary/aromatic N) is 1. The number of rotatable bonds is 5. The van der Waals surface area contributed by atoms with Crippen LogP contribution in [0.3, 0.4) is 0 Å². The highest BCUT2D eigenvalue weighted by atomic mass is 32.2. The SMILES string of the molecule is COC(=O)C(C)(C)C(C)c1cccn1S(=O)(=O)c1ccccc1. The van der Waals surface area contributed by atoms with Crippen LogP contribution in [0.2, 0.25) is 0 Å². The van der Waals surface area contributed by atoms with E-state index in [1.54, 1.807) is 56.3 Å². The molecule has 0 bridgehead atoms. The van der Waals surface area contributed by atoms with Crippen molar-refractivity contribution in [3.63, 3.8) is 0 Å². The first-order valence-electron chi connectivity index (χ1n) is 7.29. The van der Waals surface area contributed by atoms with Crippen molar-refractivity contribution in [1.82, 2.24) is 3.97 Å². The van der Waals surface area contributed by atoms with Gasteiger partial charge in [-0.1, -0.05) is 25.1 Å². The maximum Gasteiger partial charge on any atom is 0.311 e. The lowest BCUT2D eigenvalue weighted by Crippen LogP contribution is -2.33. The van der Waals surface area contributed by atoms with E-state index in [1.165, 1.54) is 17.3 Å². The Kier molecular flexibility index (Phi) is 4.66. The molecule has 124 valence electrons. The predicted molar refractivity (Wildman–Crippen MR) is 87.7 cm³/mol. The van der Waals surface area contributed by atoms with E-state index >= 15 is 0 Å². The highest BCUT2D eigenvalue weighted by Gasteiger charge is 2.38. The van der Waals surface area contributed by atoms with Crippen molar-refractivity contribution in [2.45, 2.75) is 31.6 Å². The second-order valence-corrected chi connectivity index (χ2v) is 7.80. The Balaban J connectivity index is 2.51. The van der Waals surface area contributed by atoms with Crippen LogP contribution >= 0.6 is 0 Å². The third-order valence-electron chi connectivity index (χ3n) is 4.28. The fraction of sp³-hybridized carbons (Fsp3) is 0.353. The highest BCUT2D eigenvalue weighted by Crippen LogP contribution is 2.37. The number of hydrogen-bond acceptors (Lipinski definition) is 4. The van der Waals surface area contributed by atoms with Crippen LogP contribution in [-0.4, -0.2) is 25.5 Å². The Labute approximate surface area is 136 Å². The highest BCUT2D eigenvalue weighted by molar-refractivity contribution is 7.90. The number of carbonyl (C=O) groups is 1. The van der Waals surface area contributed by atoms with Crippen molar-refractivity contribution in [2.75, 3.05) is 7.11 Å². The van der Waals surface area contributed by atoms with Gasteiger partial charge in [0.05, 0.1) is 17.4 Å². The second-order valence-electron chi connectivity index (χ2n) is 5.98. The number of benzene rings is 1. The van der Waals surface area contributed by atoms with Crippen LogP contribution < -0.4 is 0 Å². The van der Waals surface area contributed by atoms with Gasteiger partial charge in [0.15, 0.2) is 0 Å². The first kappa shape index (κ1) is 17.3. The molecule has 1 heterocycles. The molecule has 0 aliphatic carbocycles. The summed E-state index contributed by atoms with van der Waals surface area (Å²) in [7, 11) is -2.37. The monoisotopic (exact) mass is 335 g/mol. The number of hydrogen-bond donors (Lipinski definition) is 0. The maximum atomic E-state index is 12.8. The van der Waals surface area contributed by atoms with E-state index in [9.17, 15) is 13.2 Å².